The van der Waals surface area contributed by atoms with E-state index in [0.29, 0.717) is 12.8 Å². The highest BCUT2D eigenvalue weighted by molar-refractivity contribution is 5.87. The van der Waals surface area contributed by atoms with Crippen LogP contribution in [0.25, 0.3) is 0 Å². The molecule has 1 aromatic carbocycles. The molecule has 0 N–H and O–H groups in total. The molecule has 0 amide bonds. The van der Waals surface area contributed by atoms with Crippen molar-refractivity contribution in [1.82, 2.24) is 0 Å². The average Bonchev–Trinajstić information content (AvgIpc) is 2.63. The molecular weight excluding hydrogens is 296 g/mol. The van der Waals surface area contributed by atoms with Crippen LogP contribution in [0.2, 0.25) is 0 Å². The summed E-state index contributed by atoms with van der Waals surface area (Å²) >= 11 is 0. The van der Waals surface area contributed by atoms with E-state index in [1.807, 2.05) is 37.3 Å². The molecule has 3 heteroatoms. The number of rotatable bonds is 6. The lowest BCUT2D eigenvalue weighted by Crippen LogP contribution is -2.46. The van der Waals surface area contributed by atoms with Crippen LogP contribution in [-0.2, 0) is 4.79 Å². The van der Waals surface area contributed by atoms with E-state index in [0.717, 1.165) is 24.8 Å². The molecule has 0 unspecified atom stereocenters. The minimum absolute atomic E-state index is 0.198. The molecule has 1 aliphatic carbocycles. The van der Waals surface area contributed by atoms with E-state index in [2.05, 4.69) is 18.7 Å². The Morgan fingerprint density at radius 3 is 2.46 bits per heavy atom. The molecule has 0 bridgehead atoms. The van der Waals surface area contributed by atoms with Gasteiger partial charge in [-0.3, -0.25) is 4.79 Å². The number of hydrogen-bond acceptors (Lipinski definition) is 3. The van der Waals surface area contributed by atoms with E-state index in [9.17, 15) is 15.3 Å². The van der Waals surface area contributed by atoms with Gasteiger partial charge in [0.1, 0.15) is 5.78 Å². The van der Waals surface area contributed by atoms with Crippen molar-refractivity contribution >= 4 is 5.78 Å². The molecule has 0 aliphatic heterocycles. The molecule has 0 heterocycles. The van der Waals surface area contributed by atoms with Gasteiger partial charge in [0.15, 0.2) is 5.41 Å². The van der Waals surface area contributed by atoms with E-state index in [-0.39, 0.29) is 12.2 Å². The summed E-state index contributed by atoms with van der Waals surface area (Å²) in [7, 11) is 0. The van der Waals surface area contributed by atoms with Crippen LogP contribution in [0.15, 0.2) is 43.0 Å². The van der Waals surface area contributed by atoms with Crippen molar-refractivity contribution in [3.63, 3.8) is 0 Å². The van der Waals surface area contributed by atoms with Gasteiger partial charge in [0.25, 0.3) is 0 Å². The molecule has 3 nitrogen and oxygen atoms in total. The van der Waals surface area contributed by atoms with Crippen LogP contribution in [0.5, 0.6) is 0 Å². The number of benzene rings is 1. The Morgan fingerprint density at radius 2 is 1.96 bits per heavy atom. The van der Waals surface area contributed by atoms with Gasteiger partial charge in [-0.15, -0.1) is 6.58 Å². The second-order valence-electron chi connectivity index (χ2n) is 6.67. The van der Waals surface area contributed by atoms with Gasteiger partial charge >= 0.3 is 0 Å². The first-order valence-corrected chi connectivity index (χ1v) is 8.62. The molecule has 124 valence electrons. The van der Waals surface area contributed by atoms with Gasteiger partial charge in [-0.05, 0) is 31.2 Å². The summed E-state index contributed by atoms with van der Waals surface area (Å²) in [5.74, 6) is -0.235. The summed E-state index contributed by atoms with van der Waals surface area (Å²) in [5, 5.41) is 19.9. The minimum atomic E-state index is -1.27. The Morgan fingerprint density at radius 1 is 1.29 bits per heavy atom. The predicted molar refractivity (Wildman–Crippen MR) is 93.9 cm³/mol. The lowest BCUT2D eigenvalue weighted by molar-refractivity contribution is -0.134. The van der Waals surface area contributed by atoms with Gasteiger partial charge in [0.2, 0.25) is 0 Å². The largest absolute Gasteiger partial charge is 0.299 e. The van der Waals surface area contributed by atoms with Gasteiger partial charge in [0.05, 0.1) is 12.1 Å². The molecule has 0 aromatic heterocycles. The SMILES string of the molecule is C=CCC(C#N)(C#N)[C@H](c1ccccc1)[C@@]1(CC)CCCCC1=O. The number of nitriles is 2. The number of carbonyl (C=O) groups excluding carboxylic acids is 1. The normalized spacial score (nSPS) is 22.2. The second kappa shape index (κ2) is 7.45. The molecular formula is C21H24N2O. The summed E-state index contributed by atoms with van der Waals surface area (Å²) in [4.78, 5) is 13.0. The van der Waals surface area contributed by atoms with E-state index in [4.69, 9.17) is 0 Å². The van der Waals surface area contributed by atoms with Crippen LogP contribution in [0, 0.1) is 33.5 Å². The average molecular weight is 320 g/mol. The van der Waals surface area contributed by atoms with E-state index < -0.39 is 16.7 Å². The zero-order chi connectivity index (χ0) is 17.6. The Labute approximate surface area is 144 Å². The summed E-state index contributed by atoms with van der Waals surface area (Å²) in [6, 6.07) is 14.1. The van der Waals surface area contributed by atoms with Gasteiger partial charge in [-0.25, -0.2) is 0 Å². The smallest absolute Gasteiger partial charge is 0.154 e. The standard InChI is InChI=1S/C21H24N2O/c1-3-13-20(15-22,16-23)19(17-10-6-5-7-11-17)21(4-2)14-9-8-12-18(21)24/h3,5-7,10-11,19H,1,4,8-9,12-14H2,2H3/t19-,21-/m0/s1. The highest BCUT2D eigenvalue weighted by Crippen LogP contribution is 2.56. The van der Waals surface area contributed by atoms with Crippen molar-refractivity contribution in [2.45, 2.75) is 51.4 Å². The summed E-state index contributed by atoms with van der Waals surface area (Å²) in [6.07, 6.45) is 5.67. The first kappa shape index (κ1) is 18.0. The molecule has 1 aromatic rings. The number of ketones is 1. The van der Waals surface area contributed by atoms with Crippen molar-refractivity contribution in [3.05, 3.63) is 48.6 Å². The van der Waals surface area contributed by atoms with Crippen molar-refractivity contribution in [3.8, 4) is 12.1 Å². The molecule has 1 aliphatic rings. The fourth-order valence-electron chi connectivity index (χ4n) is 4.31. The molecule has 0 radical (unpaired) electrons. The van der Waals surface area contributed by atoms with Gasteiger partial charge in [-0.2, -0.15) is 10.5 Å². The monoisotopic (exact) mass is 320 g/mol. The molecule has 1 fully saturated rings. The van der Waals surface area contributed by atoms with Crippen molar-refractivity contribution < 1.29 is 4.79 Å². The maximum Gasteiger partial charge on any atom is 0.154 e. The lowest BCUT2D eigenvalue weighted by Gasteiger charge is -2.46. The van der Waals surface area contributed by atoms with Crippen molar-refractivity contribution in [2.24, 2.45) is 10.8 Å². The third-order valence-corrected chi connectivity index (χ3v) is 5.51. The first-order chi connectivity index (χ1) is 11.6. The Balaban J connectivity index is 2.72. The zero-order valence-corrected chi connectivity index (χ0v) is 14.3. The minimum Gasteiger partial charge on any atom is -0.299 e. The molecule has 0 spiro atoms. The van der Waals surface area contributed by atoms with Crippen molar-refractivity contribution in [2.75, 3.05) is 0 Å². The van der Waals surface area contributed by atoms with Crippen LogP contribution >= 0.6 is 0 Å². The van der Waals surface area contributed by atoms with Gasteiger partial charge < -0.3 is 0 Å². The molecule has 2 atom stereocenters. The fraction of sp³-hybridized carbons (Fsp3) is 0.476. The maximum atomic E-state index is 13.0. The zero-order valence-electron chi connectivity index (χ0n) is 14.3. The number of carbonyl (C=O) groups is 1. The van der Waals surface area contributed by atoms with Crippen LogP contribution in [0.1, 0.15) is 56.9 Å². The van der Waals surface area contributed by atoms with Crippen LogP contribution in [-0.4, -0.2) is 5.78 Å². The highest BCUT2D eigenvalue weighted by atomic mass is 16.1. The second-order valence-corrected chi connectivity index (χ2v) is 6.67. The fourth-order valence-corrected chi connectivity index (χ4v) is 4.31. The third-order valence-electron chi connectivity index (χ3n) is 5.51. The Kier molecular flexibility index (Phi) is 5.58. The molecule has 24 heavy (non-hydrogen) atoms. The third kappa shape index (κ3) is 2.87. The highest BCUT2D eigenvalue weighted by Gasteiger charge is 2.55. The van der Waals surface area contributed by atoms with Gasteiger partial charge in [-0.1, -0.05) is 49.8 Å². The van der Waals surface area contributed by atoms with E-state index in [1.54, 1.807) is 6.08 Å². The topological polar surface area (TPSA) is 64.7 Å². The van der Waals surface area contributed by atoms with Gasteiger partial charge in [0, 0.05) is 17.8 Å². The maximum absolute atomic E-state index is 13.0. The summed E-state index contributed by atoms with van der Waals surface area (Å²) < 4.78 is 0. The number of nitrogens with zero attached hydrogens (tertiary/aromatic N) is 2. The predicted octanol–water partition coefficient (Wildman–Crippen LogP) is 4.92. The van der Waals surface area contributed by atoms with Crippen molar-refractivity contribution in [1.29, 1.82) is 10.5 Å². The quantitative estimate of drug-likeness (QED) is 0.699. The van der Waals surface area contributed by atoms with E-state index >= 15 is 0 Å². The molecule has 1 saturated carbocycles. The molecule has 0 saturated heterocycles. The summed E-state index contributed by atoms with van der Waals surface area (Å²) in [5.41, 5.74) is -1.01. The summed E-state index contributed by atoms with van der Waals surface area (Å²) in [6.45, 7) is 5.75. The Hall–Kier alpha value is -2.39. The number of Topliss-reactive ketones (excluding diaryl/α,β-unsaturated/α-hetero) is 1. The number of hydrogen-bond donors (Lipinski definition) is 0. The first-order valence-electron chi connectivity index (χ1n) is 8.62. The lowest BCUT2D eigenvalue weighted by atomic mass is 9.53. The van der Waals surface area contributed by atoms with E-state index in [1.165, 1.54) is 0 Å². The Bertz CT molecular complexity index is 666. The number of allylic oxidation sites excluding steroid dienone is 1. The van der Waals surface area contributed by atoms with Crippen LogP contribution in [0.3, 0.4) is 0 Å². The van der Waals surface area contributed by atoms with Crippen LogP contribution in [0.4, 0.5) is 0 Å². The van der Waals surface area contributed by atoms with Crippen LogP contribution < -0.4 is 0 Å². The molecule has 2 rings (SSSR count).